The number of anilines is 1. The van der Waals surface area contributed by atoms with Crippen molar-refractivity contribution < 1.29 is 22.7 Å². The van der Waals surface area contributed by atoms with Crippen LogP contribution >= 0.6 is 15.9 Å². The van der Waals surface area contributed by atoms with Crippen LogP contribution in [0.5, 0.6) is 5.75 Å². The van der Waals surface area contributed by atoms with E-state index >= 15 is 0 Å². The molecular formula is C35H38BrN3O5S. The van der Waals surface area contributed by atoms with Gasteiger partial charge in [-0.05, 0) is 73.0 Å². The summed E-state index contributed by atoms with van der Waals surface area (Å²) in [6.45, 7) is 3.89. The van der Waals surface area contributed by atoms with E-state index in [1.165, 1.54) is 24.1 Å². The van der Waals surface area contributed by atoms with E-state index in [-0.39, 0.29) is 23.8 Å². The van der Waals surface area contributed by atoms with Gasteiger partial charge >= 0.3 is 0 Å². The molecule has 4 aromatic carbocycles. The number of amides is 2. The van der Waals surface area contributed by atoms with Crippen LogP contribution in [0.15, 0.2) is 112 Å². The fourth-order valence-corrected chi connectivity index (χ4v) is 6.73. The van der Waals surface area contributed by atoms with Crippen molar-refractivity contribution in [1.82, 2.24) is 10.2 Å². The maximum Gasteiger partial charge on any atom is 0.264 e. The van der Waals surface area contributed by atoms with E-state index in [4.69, 9.17) is 4.74 Å². The summed E-state index contributed by atoms with van der Waals surface area (Å²) < 4.78 is 35.4. The topological polar surface area (TPSA) is 96.0 Å². The van der Waals surface area contributed by atoms with Gasteiger partial charge in [0.05, 0.1) is 17.7 Å². The number of aryl methyl sites for hydroxylation is 1. The van der Waals surface area contributed by atoms with Gasteiger partial charge in [-0.2, -0.15) is 0 Å². The maximum atomic E-state index is 14.5. The zero-order valence-corrected chi connectivity index (χ0v) is 28.1. The molecule has 0 bridgehead atoms. The van der Waals surface area contributed by atoms with Gasteiger partial charge in [0.15, 0.2) is 0 Å². The van der Waals surface area contributed by atoms with Gasteiger partial charge in [0.1, 0.15) is 18.3 Å². The summed E-state index contributed by atoms with van der Waals surface area (Å²) in [5.74, 6) is -0.307. The fourth-order valence-electron chi connectivity index (χ4n) is 4.87. The first-order valence-electron chi connectivity index (χ1n) is 14.7. The number of hydrogen-bond donors (Lipinski definition) is 1. The molecule has 4 aromatic rings. The minimum Gasteiger partial charge on any atom is -0.497 e. The van der Waals surface area contributed by atoms with Crippen LogP contribution in [0.3, 0.4) is 0 Å². The number of nitrogens with one attached hydrogen (secondary N) is 1. The second kappa shape index (κ2) is 15.7. The zero-order chi connectivity index (χ0) is 32.4. The molecule has 0 saturated heterocycles. The quantitative estimate of drug-likeness (QED) is 0.172. The molecule has 0 spiro atoms. The van der Waals surface area contributed by atoms with Crippen LogP contribution in [0.2, 0.25) is 0 Å². The van der Waals surface area contributed by atoms with Gasteiger partial charge in [-0.1, -0.05) is 83.0 Å². The first-order chi connectivity index (χ1) is 21.6. The van der Waals surface area contributed by atoms with Crippen molar-refractivity contribution >= 4 is 43.5 Å². The Morgan fingerprint density at radius 1 is 0.889 bits per heavy atom. The summed E-state index contributed by atoms with van der Waals surface area (Å²) in [7, 11) is -2.69. The molecule has 0 aromatic heterocycles. The van der Waals surface area contributed by atoms with E-state index in [1.54, 1.807) is 36.4 Å². The zero-order valence-electron chi connectivity index (χ0n) is 25.6. The Morgan fingerprint density at radius 2 is 1.56 bits per heavy atom. The highest BCUT2D eigenvalue weighted by Gasteiger charge is 2.34. The van der Waals surface area contributed by atoms with Crippen molar-refractivity contribution in [1.29, 1.82) is 0 Å². The SMILES string of the molecule is CCCNC(=O)[C@H](Cc1ccccc1)N(Cc1cccc(Br)c1)C(=O)CN(c1ccc(C)cc1)S(=O)(=O)c1ccc(OC)cc1. The number of nitrogens with zero attached hydrogens (tertiary/aromatic N) is 2. The highest BCUT2D eigenvalue weighted by molar-refractivity contribution is 9.10. The lowest BCUT2D eigenvalue weighted by molar-refractivity contribution is -0.140. The van der Waals surface area contributed by atoms with Crippen LogP contribution in [0, 0.1) is 6.92 Å². The van der Waals surface area contributed by atoms with Gasteiger partial charge in [0.25, 0.3) is 10.0 Å². The van der Waals surface area contributed by atoms with E-state index < -0.39 is 28.5 Å². The molecule has 10 heteroatoms. The van der Waals surface area contributed by atoms with Crippen molar-refractivity contribution in [2.24, 2.45) is 0 Å². The molecule has 4 rings (SSSR count). The van der Waals surface area contributed by atoms with Gasteiger partial charge in [0.2, 0.25) is 11.8 Å². The number of carbonyl (C=O) groups excluding carboxylic acids is 2. The summed E-state index contributed by atoms with van der Waals surface area (Å²) in [4.78, 5) is 29.7. The van der Waals surface area contributed by atoms with Crippen LogP contribution in [0.4, 0.5) is 5.69 Å². The Labute approximate surface area is 274 Å². The molecule has 0 radical (unpaired) electrons. The first-order valence-corrected chi connectivity index (χ1v) is 16.9. The Morgan fingerprint density at radius 3 is 2.18 bits per heavy atom. The third-order valence-corrected chi connectivity index (χ3v) is 9.59. The molecule has 0 heterocycles. The molecule has 0 unspecified atom stereocenters. The molecule has 2 amide bonds. The molecule has 0 aliphatic carbocycles. The smallest absolute Gasteiger partial charge is 0.264 e. The van der Waals surface area contributed by atoms with Gasteiger partial charge in [-0.25, -0.2) is 8.42 Å². The molecular weight excluding hydrogens is 654 g/mol. The predicted molar refractivity (Wildman–Crippen MR) is 181 cm³/mol. The lowest BCUT2D eigenvalue weighted by atomic mass is 10.0. The average Bonchev–Trinajstić information content (AvgIpc) is 3.05. The minimum atomic E-state index is -4.20. The molecule has 0 aliphatic rings. The van der Waals surface area contributed by atoms with Crippen LogP contribution in [0.25, 0.3) is 0 Å². The van der Waals surface area contributed by atoms with E-state index in [1.807, 2.05) is 68.4 Å². The Hall–Kier alpha value is -4.15. The summed E-state index contributed by atoms with van der Waals surface area (Å²) in [5, 5.41) is 2.96. The summed E-state index contributed by atoms with van der Waals surface area (Å²) in [6.07, 6.45) is 0.983. The summed E-state index contributed by atoms with van der Waals surface area (Å²) in [6, 6.07) is 29.1. The van der Waals surface area contributed by atoms with E-state index in [0.717, 1.165) is 31.9 Å². The number of rotatable bonds is 14. The van der Waals surface area contributed by atoms with Gasteiger partial charge in [-0.3, -0.25) is 13.9 Å². The molecule has 45 heavy (non-hydrogen) atoms. The summed E-state index contributed by atoms with van der Waals surface area (Å²) in [5.41, 5.74) is 2.95. The number of benzene rings is 4. The van der Waals surface area contributed by atoms with Crippen LogP contribution in [-0.2, 0) is 32.6 Å². The monoisotopic (exact) mass is 691 g/mol. The Balaban J connectivity index is 1.79. The summed E-state index contributed by atoms with van der Waals surface area (Å²) >= 11 is 3.50. The fraction of sp³-hybridized carbons (Fsp3) is 0.257. The highest BCUT2D eigenvalue weighted by Crippen LogP contribution is 2.27. The molecule has 236 valence electrons. The second-order valence-corrected chi connectivity index (χ2v) is 13.4. The van der Waals surface area contributed by atoms with Gasteiger partial charge < -0.3 is 15.0 Å². The van der Waals surface area contributed by atoms with Crippen molar-refractivity contribution in [3.63, 3.8) is 0 Å². The molecule has 0 saturated carbocycles. The predicted octanol–water partition coefficient (Wildman–Crippen LogP) is 6.13. The largest absolute Gasteiger partial charge is 0.497 e. The number of sulfonamides is 1. The number of ether oxygens (including phenoxy) is 1. The second-order valence-electron chi connectivity index (χ2n) is 10.7. The van der Waals surface area contributed by atoms with Gasteiger partial charge in [0, 0.05) is 24.0 Å². The third kappa shape index (κ3) is 8.95. The van der Waals surface area contributed by atoms with Crippen LogP contribution < -0.4 is 14.4 Å². The molecule has 1 atom stereocenters. The molecule has 0 fully saturated rings. The van der Waals surface area contributed by atoms with E-state index in [9.17, 15) is 18.0 Å². The maximum absolute atomic E-state index is 14.5. The average molecular weight is 693 g/mol. The van der Waals surface area contributed by atoms with Crippen molar-refractivity contribution in [2.45, 2.75) is 44.2 Å². The van der Waals surface area contributed by atoms with E-state index in [0.29, 0.717) is 18.0 Å². The third-order valence-electron chi connectivity index (χ3n) is 7.31. The lowest BCUT2D eigenvalue weighted by Gasteiger charge is -2.34. The number of methoxy groups -OCH3 is 1. The number of hydrogen-bond acceptors (Lipinski definition) is 5. The molecule has 8 nitrogen and oxygen atoms in total. The lowest BCUT2D eigenvalue weighted by Crippen LogP contribution is -2.53. The van der Waals surface area contributed by atoms with Crippen LogP contribution in [-0.4, -0.2) is 51.4 Å². The van der Waals surface area contributed by atoms with Crippen LogP contribution in [0.1, 0.15) is 30.0 Å². The van der Waals surface area contributed by atoms with E-state index in [2.05, 4.69) is 21.2 Å². The Kier molecular flexibility index (Phi) is 11.8. The molecule has 1 N–H and O–H groups in total. The number of halogens is 1. The highest BCUT2D eigenvalue weighted by atomic mass is 79.9. The van der Waals surface area contributed by atoms with Crippen molar-refractivity contribution in [3.05, 3.63) is 124 Å². The Bertz CT molecular complexity index is 1680. The van der Waals surface area contributed by atoms with Gasteiger partial charge in [-0.15, -0.1) is 0 Å². The number of carbonyl (C=O) groups is 2. The minimum absolute atomic E-state index is 0.0109. The van der Waals surface area contributed by atoms with Crippen molar-refractivity contribution in [2.75, 3.05) is 24.5 Å². The molecule has 0 aliphatic heterocycles. The standard InChI is InChI=1S/C35H38BrN3O5S/c1-4-21-37-35(41)33(23-27-9-6-5-7-10-27)38(24-28-11-8-12-29(36)22-28)34(40)25-39(30-15-13-26(2)14-16-30)45(42,43)32-19-17-31(44-3)18-20-32/h5-20,22,33H,4,21,23-25H2,1-3H3,(H,37,41)/t33-/m0/s1. The van der Waals surface area contributed by atoms with Crippen molar-refractivity contribution in [3.8, 4) is 5.75 Å². The normalized spacial score (nSPS) is 11.8. The first kappa shape index (κ1) is 33.7.